The van der Waals surface area contributed by atoms with Gasteiger partial charge in [-0.05, 0) is 93.1 Å². The summed E-state index contributed by atoms with van der Waals surface area (Å²) in [6.07, 6.45) is 15.0. The fraction of sp³-hybridized carbons (Fsp3) is 0.714. The molecule has 0 bridgehead atoms. The van der Waals surface area contributed by atoms with Gasteiger partial charge in [0.2, 0.25) is 0 Å². The molecule has 0 radical (unpaired) electrons. The molecule has 4 atom stereocenters. The third-order valence-corrected chi connectivity index (χ3v) is 7.12. The maximum Gasteiger partial charge on any atom is 0.0259 e. The van der Waals surface area contributed by atoms with Gasteiger partial charge in [-0.25, -0.2) is 0 Å². The second kappa shape index (κ2) is 5.05. The van der Waals surface area contributed by atoms with E-state index in [2.05, 4.69) is 24.8 Å². The smallest absolute Gasteiger partial charge is 0.0259 e. The highest BCUT2D eigenvalue weighted by Crippen LogP contribution is 2.61. The molecule has 112 valence electrons. The third-order valence-electron chi connectivity index (χ3n) is 7.12. The van der Waals surface area contributed by atoms with Gasteiger partial charge in [0.1, 0.15) is 0 Å². The molecule has 21 heavy (non-hydrogen) atoms. The van der Waals surface area contributed by atoms with E-state index < -0.39 is 0 Å². The van der Waals surface area contributed by atoms with Gasteiger partial charge < -0.3 is 0 Å². The van der Waals surface area contributed by atoms with Crippen LogP contribution in [0.2, 0.25) is 0 Å². The molecule has 0 spiro atoms. The highest BCUT2D eigenvalue weighted by atomic mass is 14.6. The summed E-state index contributed by atoms with van der Waals surface area (Å²) in [5.41, 5.74) is 5.94. The number of hydrogen-bond donors (Lipinski definition) is 0. The molecule has 0 aromatic heterocycles. The topological polar surface area (TPSA) is 0 Å². The molecular formula is C21H28. The Hall–Kier alpha value is -0.960. The van der Waals surface area contributed by atoms with Crippen LogP contribution in [-0.4, -0.2) is 0 Å². The molecule has 2 saturated carbocycles. The summed E-state index contributed by atoms with van der Waals surface area (Å²) in [6.45, 7) is 4.58. The Morgan fingerprint density at radius 1 is 1.14 bits per heavy atom. The van der Waals surface area contributed by atoms with Gasteiger partial charge >= 0.3 is 0 Å². The molecular weight excluding hydrogens is 252 g/mol. The first-order chi connectivity index (χ1) is 10.2. The number of rotatable bonds is 0. The number of hydrogen-bond acceptors (Lipinski definition) is 0. The van der Waals surface area contributed by atoms with Gasteiger partial charge in [-0.1, -0.05) is 24.5 Å². The van der Waals surface area contributed by atoms with E-state index in [9.17, 15) is 0 Å². The maximum absolute atomic E-state index is 3.56. The molecule has 0 N–H and O–H groups in total. The summed E-state index contributed by atoms with van der Waals surface area (Å²) < 4.78 is 0. The van der Waals surface area contributed by atoms with Crippen molar-refractivity contribution < 1.29 is 0 Å². The lowest BCUT2D eigenvalue weighted by Gasteiger charge is -2.48. The first kappa shape index (κ1) is 13.7. The van der Waals surface area contributed by atoms with Crippen molar-refractivity contribution in [1.82, 2.24) is 0 Å². The monoisotopic (exact) mass is 280 g/mol. The van der Waals surface area contributed by atoms with Crippen molar-refractivity contribution in [2.75, 3.05) is 0 Å². The zero-order valence-corrected chi connectivity index (χ0v) is 13.7. The Bertz CT molecular complexity index is 565. The lowest BCUT2D eigenvalue weighted by Crippen LogP contribution is -2.39. The van der Waals surface area contributed by atoms with Gasteiger partial charge in [0, 0.05) is 5.92 Å². The summed E-state index contributed by atoms with van der Waals surface area (Å²) in [7, 11) is 0. The predicted molar refractivity (Wildman–Crippen MR) is 88.7 cm³/mol. The molecule has 0 saturated heterocycles. The highest BCUT2D eigenvalue weighted by molar-refractivity contribution is 5.42. The van der Waals surface area contributed by atoms with Crippen LogP contribution in [0.25, 0.3) is 0 Å². The second-order valence-corrected chi connectivity index (χ2v) is 7.91. The van der Waals surface area contributed by atoms with E-state index in [1.54, 1.807) is 5.57 Å². The minimum atomic E-state index is 0.508. The van der Waals surface area contributed by atoms with Gasteiger partial charge in [-0.2, -0.15) is 0 Å². The molecule has 4 aliphatic carbocycles. The van der Waals surface area contributed by atoms with Crippen molar-refractivity contribution in [3.8, 4) is 11.8 Å². The largest absolute Gasteiger partial charge is 0.106 e. The zero-order chi connectivity index (χ0) is 14.4. The van der Waals surface area contributed by atoms with Crippen LogP contribution in [0.5, 0.6) is 0 Å². The number of allylic oxidation sites excluding steroid dienone is 4. The average molecular weight is 280 g/mol. The summed E-state index contributed by atoms with van der Waals surface area (Å²) in [4.78, 5) is 0. The van der Waals surface area contributed by atoms with Gasteiger partial charge in [-0.15, -0.1) is 5.92 Å². The first-order valence-electron chi connectivity index (χ1n) is 9.07. The standard InChI is InChI=1S/C21H28/c1-3-6-16-10-12-20-19-11-9-15-7-4-5-8-17(15)18(19)13-14-21(16,20)2/h7,16,19-20H,4-5,8-14H2,1-2H3/t16-,19-,20+,21-/m1/s1. The Morgan fingerprint density at radius 3 is 2.90 bits per heavy atom. The van der Waals surface area contributed by atoms with E-state index in [0.717, 1.165) is 11.8 Å². The lowest BCUT2D eigenvalue weighted by atomic mass is 9.56. The quantitative estimate of drug-likeness (QED) is 0.503. The minimum Gasteiger partial charge on any atom is -0.106 e. The molecule has 0 heteroatoms. The Kier molecular flexibility index (Phi) is 3.29. The minimum absolute atomic E-state index is 0.508. The Balaban J connectivity index is 1.71. The normalized spacial score (nSPS) is 41.4. The van der Waals surface area contributed by atoms with Crippen LogP contribution in [0.4, 0.5) is 0 Å². The van der Waals surface area contributed by atoms with E-state index in [4.69, 9.17) is 0 Å². The number of fused-ring (bicyclic) bond motifs is 4. The molecule has 0 aliphatic heterocycles. The van der Waals surface area contributed by atoms with Crippen LogP contribution in [0, 0.1) is 35.0 Å². The van der Waals surface area contributed by atoms with Crippen molar-refractivity contribution in [3.05, 3.63) is 22.8 Å². The second-order valence-electron chi connectivity index (χ2n) is 7.91. The first-order valence-corrected chi connectivity index (χ1v) is 9.07. The van der Waals surface area contributed by atoms with Crippen LogP contribution < -0.4 is 0 Å². The lowest BCUT2D eigenvalue weighted by molar-refractivity contribution is 0.0956. The van der Waals surface area contributed by atoms with Crippen molar-refractivity contribution in [1.29, 1.82) is 0 Å². The summed E-state index contributed by atoms with van der Waals surface area (Å²) >= 11 is 0. The van der Waals surface area contributed by atoms with E-state index >= 15 is 0 Å². The summed E-state index contributed by atoms with van der Waals surface area (Å²) in [5.74, 6) is 9.26. The van der Waals surface area contributed by atoms with Gasteiger partial charge in [0.25, 0.3) is 0 Å². The molecule has 0 aromatic carbocycles. The van der Waals surface area contributed by atoms with E-state index in [1.165, 1.54) is 57.8 Å². The Labute approximate surface area is 130 Å². The maximum atomic E-state index is 3.56. The van der Waals surface area contributed by atoms with Crippen LogP contribution in [-0.2, 0) is 0 Å². The van der Waals surface area contributed by atoms with Crippen LogP contribution in [0.3, 0.4) is 0 Å². The van der Waals surface area contributed by atoms with Crippen molar-refractivity contribution >= 4 is 0 Å². The van der Waals surface area contributed by atoms with Gasteiger partial charge in [0.15, 0.2) is 0 Å². The molecule has 0 nitrogen and oxygen atoms in total. The van der Waals surface area contributed by atoms with Crippen molar-refractivity contribution in [3.63, 3.8) is 0 Å². The predicted octanol–water partition coefficient (Wildman–Crippen LogP) is 5.65. The molecule has 4 rings (SSSR count). The van der Waals surface area contributed by atoms with Crippen LogP contribution in [0.15, 0.2) is 22.8 Å². The molecule has 0 unspecified atom stereocenters. The molecule has 0 heterocycles. The van der Waals surface area contributed by atoms with E-state index in [1.807, 2.05) is 18.1 Å². The van der Waals surface area contributed by atoms with Gasteiger partial charge in [-0.3, -0.25) is 0 Å². The fourth-order valence-corrected chi connectivity index (χ4v) is 6.05. The van der Waals surface area contributed by atoms with Crippen molar-refractivity contribution in [2.24, 2.45) is 23.2 Å². The molecule has 0 aromatic rings. The van der Waals surface area contributed by atoms with E-state index in [0.29, 0.717) is 11.3 Å². The molecule has 0 amide bonds. The molecule has 2 fully saturated rings. The van der Waals surface area contributed by atoms with Gasteiger partial charge in [0.05, 0.1) is 0 Å². The SMILES string of the molecule is CC#C[C@@H]1CC[C@H]2[C@@H]3CCC4=CCCCC4=C3CC[C@]12C. The van der Waals surface area contributed by atoms with Crippen LogP contribution in [0.1, 0.15) is 71.6 Å². The highest BCUT2D eigenvalue weighted by Gasteiger charge is 2.52. The summed E-state index contributed by atoms with van der Waals surface area (Å²) in [6, 6.07) is 0. The zero-order valence-electron chi connectivity index (χ0n) is 13.7. The van der Waals surface area contributed by atoms with Crippen molar-refractivity contribution in [2.45, 2.75) is 71.6 Å². The average Bonchev–Trinajstić information content (AvgIpc) is 2.84. The third kappa shape index (κ3) is 1.97. The fourth-order valence-electron chi connectivity index (χ4n) is 6.05. The molecule has 4 aliphatic rings. The summed E-state index contributed by atoms with van der Waals surface area (Å²) in [5, 5.41) is 0. The Morgan fingerprint density at radius 2 is 2.05 bits per heavy atom. The van der Waals surface area contributed by atoms with E-state index in [-0.39, 0.29) is 0 Å². The van der Waals surface area contributed by atoms with Crippen LogP contribution >= 0.6 is 0 Å².